The molecule has 32 heavy (non-hydrogen) atoms. The Labute approximate surface area is 189 Å². The Hall–Kier alpha value is -3.91. The van der Waals surface area contributed by atoms with Gasteiger partial charge in [-0.05, 0) is 38.1 Å². The number of aromatic nitrogens is 3. The van der Waals surface area contributed by atoms with Gasteiger partial charge >= 0.3 is 6.03 Å². The van der Waals surface area contributed by atoms with Crippen molar-refractivity contribution in [3.8, 4) is 0 Å². The van der Waals surface area contributed by atoms with Crippen LogP contribution in [-0.2, 0) is 0 Å². The first-order valence-corrected chi connectivity index (χ1v) is 10.3. The molecular formula is C23H21ClN6O2. The number of carbonyl (C=O) groups excluding carboxylic acids is 2. The molecule has 4 rings (SSSR count). The summed E-state index contributed by atoms with van der Waals surface area (Å²) in [4.78, 5) is 34.2. The van der Waals surface area contributed by atoms with Crippen molar-refractivity contribution < 1.29 is 9.59 Å². The van der Waals surface area contributed by atoms with Crippen LogP contribution >= 0.6 is 11.6 Å². The second-order valence-corrected chi connectivity index (χ2v) is 7.82. The first-order valence-electron chi connectivity index (χ1n) is 9.94. The van der Waals surface area contributed by atoms with E-state index in [1.807, 2.05) is 36.6 Å². The van der Waals surface area contributed by atoms with E-state index in [2.05, 4.69) is 20.6 Å². The van der Waals surface area contributed by atoms with E-state index in [1.165, 1.54) is 6.33 Å². The molecule has 2 aromatic carbocycles. The largest absolute Gasteiger partial charge is 0.383 e. The molecule has 4 N–H and O–H groups in total. The molecule has 0 aliphatic heterocycles. The second kappa shape index (κ2) is 8.68. The normalized spacial score (nSPS) is 11.0. The Morgan fingerprint density at radius 1 is 1.00 bits per heavy atom. The predicted octanol–water partition coefficient (Wildman–Crippen LogP) is 5.12. The van der Waals surface area contributed by atoms with Crippen LogP contribution in [0.3, 0.4) is 0 Å². The molecule has 2 heterocycles. The lowest BCUT2D eigenvalue weighted by Crippen LogP contribution is -2.20. The van der Waals surface area contributed by atoms with Gasteiger partial charge in [0.15, 0.2) is 5.78 Å². The smallest absolute Gasteiger partial charge is 0.323 e. The molecule has 4 aromatic rings. The molecule has 0 bridgehead atoms. The van der Waals surface area contributed by atoms with E-state index in [4.69, 9.17) is 17.3 Å². The number of rotatable bonds is 5. The number of ketones is 1. The van der Waals surface area contributed by atoms with Gasteiger partial charge in [-0.2, -0.15) is 0 Å². The van der Waals surface area contributed by atoms with E-state index in [1.54, 1.807) is 36.5 Å². The quantitative estimate of drug-likeness (QED) is 0.366. The van der Waals surface area contributed by atoms with Crippen LogP contribution < -0.4 is 16.4 Å². The number of nitrogens with two attached hydrogens (primary N) is 1. The van der Waals surface area contributed by atoms with Gasteiger partial charge in [0.2, 0.25) is 0 Å². The number of para-hydroxylation sites is 1. The number of anilines is 3. The first kappa shape index (κ1) is 21.3. The lowest BCUT2D eigenvalue weighted by atomic mass is 10.0. The Balaban J connectivity index is 1.68. The highest BCUT2D eigenvalue weighted by Gasteiger charge is 2.24. The third-order valence-corrected chi connectivity index (χ3v) is 5.37. The van der Waals surface area contributed by atoms with Crippen LogP contribution in [0.15, 0.2) is 61.1 Å². The van der Waals surface area contributed by atoms with E-state index in [-0.39, 0.29) is 28.2 Å². The van der Waals surface area contributed by atoms with Gasteiger partial charge in [-0.1, -0.05) is 35.9 Å². The number of benzene rings is 2. The minimum Gasteiger partial charge on any atom is -0.383 e. The van der Waals surface area contributed by atoms with Crippen molar-refractivity contribution in [1.82, 2.24) is 14.5 Å². The van der Waals surface area contributed by atoms with E-state index in [0.717, 1.165) is 0 Å². The van der Waals surface area contributed by atoms with Crippen LogP contribution in [0.5, 0.6) is 0 Å². The lowest BCUT2D eigenvalue weighted by Gasteiger charge is -2.11. The van der Waals surface area contributed by atoms with Crippen LogP contribution in [0, 0.1) is 0 Å². The van der Waals surface area contributed by atoms with Crippen molar-refractivity contribution in [2.24, 2.45) is 0 Å². The van der Waals surface area contributed by atoms with Gasteiger partial charge in [0.05, 0.1) is 21.7 Å². The highest BCUT2D eigenvalue weighted by Crippen LogP contribution is 2.32. The van der Waals surface area contributed by atoms with Crippen molar-refractivity contribution in [2.45, 2.75) is 19.9 Å². The number of fused-ring (bicyclic) bond motifs is 1. The maximum Gasteiger partial charge on any atom is 0.323 e. The Morgan fingerprint density at radius 2 is 1.75 bits per heavy atom. The summed E-state index contributed by atoms with van der Waals surface area (Å²) >= 11 is 6.53. The van der Waals surface area contributed by atoms with Crippen LogP contribution in [0.25, 0.3) is 11.0 Å². The Kier molecular flexibility index (Phi) is 5.79. The molecule has 0 fully saturated rings. The monoisotopic (exact) mass is 448 g/mol. The SMILES string of the molecule is CC(C)n1cc(C(=O)c2cccc(NC(=O)Nc3ccccc3)c2Cl)c2c(N)ncnc21. The number of halogens is 1. The first-order chi connectivity index (χ1) is 15.4. The molecule has 9 heteroatoms. The maximum atomic E-state index is 13.5. The second-order valence-electron chi connectivity index (χ2n) is 7.44. The van der Waals surface area contributed by atoms with Crippen LogP contribution in [-0.4, -0.2) is 26.3 Å². The lowest BCUT2D eigenvalue weighted by molar-refractivity contribution is 0.104. The molecule has 0 aliphatic rings. The number of nitrogens with zero attached hydrogens (tertiary/aromatic N) is 3. The standard InChI is InChI=1S/C23H21ClN6O2/c1-13(2)30-11-16(18-21(25)26-12-27-22(18)30)20(31)15-9-6-10-17(19(15)24)29-23(32)28-14-7-4-3-5-8-14/h3-13H,1-2H3,(H2,25,26,27)(H2,28,29,32). The van der Waals surface area contributed by atoms with E-state index in [0.29, 0.717) is 28.0 Å². The molecule has 0 aliphatic carbocycles. The molecule has 0 unspecified atom stereocenters. The molecule has 0 saturated carbocycles. The number of hydrogen-bond donors (Lipinski definition) is 3. The zero-order chi connectivity index (χ0) is 22.8. The summed E-state index contributed by atoms with van der Waals surface area (Å²) in [7, 11) is 0. The molecule has 2 aromatic heterocycles. The summed E-state index contributed by atoms with van der Waals surface area (Å²) in [6.45, 7) is 3.96. The third-order valence-electron chi connectivity index (χ3n) is 4.96. The number of hydrogen-bond acceptors (Lipinski definition) is 5. The van der Waals surface area contributed by atoms with Gasteiger partial charge in [0.1, 0.15) is 17.8 Å². The molecule has 8 nitrogen and oxygen atoms in total. The fraction of sp³-hybridized carbons (Fsp3) is 0.130. The fourth-order valence-electron chi connectivity index (χ4n) is 3.43. The minimum absolute atomic E-state index is 0.0542. The van der Waals surface area contributed by atoms with Gasteiger partial charge in [-0.25, -0.2) is 14.8 Å². The highest BCUT2D eigenvalue weighted by atomic mass is 35.5. The van der Waals surface area contributed by atoms with Gasteiger partial charge in [-0.3, -0.25) is 4.79 Å². The van der Waals surface area contributed by atoms with Gasteiger partial charge < -0.3 is 20.9 Å². The van der Waals surface area contributed by atoms with Gasteiger partial charge in [0.25, 0.3) is 0 Å². The molecule has 0 saturated heterocycles. The number of nitrogen functional groups attached to an aromatic ring is 1. The van der Waals surface area contributed by atoms with Crippen molar-refractivity contribution >= 4 is 51.6 Å². The zero-order valence-corrected chi connectivity index (χ0v) is 18.2. The number of carbonyl (C=O) groups is 2. The van der Waals surface area contributed by atoms with Gasteiger partial charge in [0, 0.05) is 23.5 Å². The average Bonchev–Trinajstić information content (AvgIpc) is 3.17. The van der Waals surface area contributed by atoms with Crippen LogP contribution in [0.4, 0.5) is 22.0 Å². The zero-order valence-electron chi connectivity index (χ0n) is 17.5. The predicted molar refractivity (Wildman–Crippen MR) is 126 cm³/mol. The summed E-state index contributed by atoms with van der Waals surface area (Å²) in [6, 6.07) is 13.4. The van der Waals surface area contributed by atoms with E-state index >= 15 is 0 Å². The van der Waals surface area contributed by atoms with E-state index in [9.17, 15) is 9.59 Å². The molecular weight excluding hydrogens is 428 g/mol. The van der Waals surface area contributed by atoms with Crippen LogP contribution in [0.2, 0.25) is 5.02 Å². The topological polar surface area (TPSA) is 115 Å². The average molecular weight is 449 g/mol. The third kappa shape index (κ3) is 4.00. The number of amides is 2. The number of nitrogens with one attached hydrogen (secondary N) is 2. The highest BCUT2D eigenvalue weighted by molar-refractivity contribution is 6.38. The molecule has 0 atom stereocenters. The van der Waals surface area contributed by atoms with Crippen LogP contribution in [0.1, 0.15) is 35.8 Å². The maximum absolute atomic E-state index is 13.5. The summed E-state index contributed by atoms with van der Waals surface area (Å²) in [5.41, 5.74) is 8.17. The minimum atomic E-state index is -0.475. The molecule has 0 spiro atoms. The molecule has 2 amide bonds. The summed E-state index contributed by atoms with van der Waals surface area (Å²) in [5.74, 6) is -0.126. The van der Waals surface area contributed by atoms with Crippen molar-refractivity contribution in [2.75, 3.05) is 16.4 Å². The number of urea groups is 1. The van der Waals surface area contributed by atoms with E-state index < -0.39 is 6.03 Å². The van der Waals surface area contributed by atoms with Crippen molar-refractivity contribution in [3.05, 3.63) is 77.2 Å². The summed E-state index contributed by atoms with van der Waals surface area (Å²) in [5, 5.41) is 6.00. The molecule has 0 radical (unpaired) electrons. The fourth-order valence-corrected chi connectivity index (χ4v) is 3.69. The van der Waals surface area contributed by atoms with Gasteiger partial charge in [-0.15, -0.1) is 0 Å². The summed E-state index contributed by atoms with van der Waals surface area (Å²) < 4.78 is 1.86. The Bertz CT molecular complexity index is 1320. The van der Waals surface area contributed by atoms with Crippen molar-refractivity contribution in [1.29, 1.82) is 0 Å². The van der Waals surface area contributed by atoms with Crippen molar-refractivity contribution in [3.63, 3.8) is 0 Å². The summed E-state index contributed by atoms with van der Waals surface area (Å²) in [6.07, 6.45) is 3.08. The molecule has 162 valence electrons. The Morgan fingerprint density at radius 3 is 2.47 bits per heavy atom.